The van der Waals surface area contributed by atoms with Crippen molar-refractivity contribution in [3.63, 3.8) is 0 Å². The van der Waals surface area contributed by atoms with Gasteiger partial charge in [-0.25, -0.2) is 4.98 Å². The van der Waals surface area contributed by atoms with Gasteiger partial charge in [-0.2, -0.15) is 0 Å². The molecule has 0 spiro atoms. The summed E-state index contributed by atoms with van der Waals surface area (Å²) in [4.78, 5) is 7.38. The van der Waals surface area contributed by atoms with Crippen LogP contribution in [-0.4, -0.2) is 49.8 Å². The van der Waals surface area contributed by atoms with Gasteiger partial charge < -0.3 is 15.0 Å². The van der Waals surface area contributed by atoms with Gasteiger partial charge in [0.25, 0.3) is 0 Å². The van der Waals surface area contributed by atoms with Crippen LogP contribution in [0.25, 0.3) is 10.2 Å². The van der Waals surface area contributed by atoms with Crippen molar-refractivity contribution in [3.8, 4) is 0 Å². The Kier molecular flexibility index (Phi) is 5.09. The lowest BCUT2D eigenvalue weighted by Gasteiger charge is -2.34. The molecule has 1 aromatic carbocycles. The first-order valence-corrected chi connectivity index (χ1v) is 10.3. The van der Waals surface area contributed by atoms with Gasteiger partial charge in [-0.3, -0.25) is 0 Å². The average Bonchev–Trinajstić information content (AvgIpc) is 3.05. The Morgan fingerprint density at radius 1 is 1.28 bits per heavy atom. The van der Waals surface area contributed by atoms with Crippen LogP contribution in [0.15, 0.2) is 18.2 Å². The molecule has 0 amide bonds. The molecule has 2 aliphatic rings. The van der Waals surface area contributed by atoms with Crippen LogP contribution in [0.1, 0.15) is 48.7 Å². The summed E-state index contributed by atoms with van der Waals surface area (Å²) in [6.07, 6.45) is 3.91. The minimum atomic E-state index is 0.250. The van der Waals surface area contributed by atoms with Crippen molar-refractivity contribution >= 4 is 21.6 Å². The number of nitrogens with one attached hydrogen (secondary N) is 1. The van der Waals surface area contributed by atoms with Gasteiger partial charge in [0, 0.05) is 25.6 Å². The third-order valence-corrected chi connectivity index (χ3v) is 7.04. The molecular weight excluding hydrogens is 330 g/mol. The molecule has 0 saturated carbocycles. The molecule has 4 atom stereocenters. The Morgan fingerprint density at radius 2 is 2.16 bits per heavy atom. The van der Waals surface area contributed by atoms with E-state index in [1.807, 2.05) is 18.4 Å². The summed E-state index contributed by atoms with van der Waals surface area (Å²) in [6.45, 7) is 5.56. The zero-order valence-electron chi connectivity index (χ0n) is 15.5. The number of ether oxygens (including phenoxy) is 1. The Bertz CT molecular complexity index is 723. The van der Waals surface area contributed by atoms with Gasteiger partial charge in [0.1, 0.15) is 0 Å². The van der Waals surface area contributed by atoms with Gasteiger partial charge in [-0.05, 0) is 63.0 Å². The van der Waals surface area contributed by atoms with Crippen molar-refractivity contribution in [1.29, 1.82) is 0 Å². The fourth-order valence-electron chi connectivity index (χ4n) is 4.21. The molecule has 5 heteroatoms. The molecule has 2 fully saturated rings. The van der Waals surface area contributed by atoms with Gasteiger partial charge in [0.05, 0.1) is 21.3 Å². The molecule has 1 unspecified atom stereocenters. The molecule has 0 radical (unpaired) electrons. The zero-order valence-corrected chi connectivity index (χ0v) is 16.3. The summed E-state index contributed by atoms with van der Waals surface area (Å²) in [5.74, 6) is 1.22. The normalized spacial score (nSPS) is 31.5. The number of methoxy groups -OCH3 is 1. The van der Waals surface area contributed by atoms with Crippen LogP contribution < -0.4 is 5.32 Å². The zero-order chi connectivity index (χ0) is 17.4. The third-order valence-electron chi connectivity index (χ3n) is 5.87. The summed E-state index contributed by atoms with van der Waals surface area (Å²) in [7, 11) is 4.00. The molecule has 0 bridgehead atoms. The Labute approximate surface area is 154 Å². The first-order valence-electron chi connectivity index (χ1n) is 9.49. The van der Waals surface area contributed by atoms with Crippen LogP contribution >= 0.6 is 11.3 Å². The third kappa shape index (κ3) is 3.61. The van der Waals surface area contributed by atoms with E-state index in [1.54, 1.807) is 0 Å². The number of thiazole rings is 1. The van der Waals surface area contributed by atoms with Crippen molar-refractivity contribution in [3.05, 3.63) is 28.8 Å². The number of hydrogen-bond donors (Lipinski definition) is 1. The summed E-state index contributed by atoms with van der Waals surface area (Å²) >= 11 is 1.85. The lowest BCUT2D eigenvalue weighted by atomic mass is 9.92. The highest BCUT2D eigenvalue weighted by atomic mass is 32.1. The van der Waals surface area contributed by atoms with E-state index >= 15 is 0 Å². The maximum absolute atomic E-state index is 5.77. The van der Waals surface area contributed by atoms with Crippen molar-refractivity contribution < 1.29 is 4.74 Å². The highest BCUT2D eigenvalue weighted by Gasteiger charge is 2.31. The number of likely N-dealkylation sites (N-methyl/N-ethyl adjacent to an activating group) is 1. The molecule has 2 saturated heterocycles. The van der Waals surface area contributed by atoms with Crippen LogP contribution in [0.2, 0.25) is 0 Å². The molecule has 4 rings (SSSR count). The van der Waals surface area contributed by atoms with Gasteiger partial charge >= 0.3 is 0 Å². The Balaban J connectivity index is 1.58. The summed E-state index contributed by atoms with van der Waals surface area (Å²) < 4.78 is 7.07. The summed E-state index contributed by atoms with van der Waals surface area (Å²) in [5.41, 5.74) is 2.55. The van der Waals surface area contributed by atoms with E-state index < -0.39 is 0 Å². The van der Waals surface area contributed by atoms with Crippen LogP contribution in [0.4, 0.5) is 0 Å². The van der Waals surface area contributed by atoms with Crippen LogP contribution in [0, 0.1) is 5.92 Å². The van der Waals surface area contributed by atoms with Gasteiger partial charge in [-0.1, -0.05) is 13.0 Å². The SMILES string of the molecule is CO[C@@H]1CN(C)CC[C@H]1c1nc2cc([C@H]3CCC(C)CN3)ccc2s1. The number of rotatable bonds is 3. The molecule has 4 nitrogen and oxygen atoms in total. The fourth-order valence-corrected chi connectivity index (χ4v) is 5.35. The predicted molar refractivity (Wildman–Crippen MR) is 104 cm³/mol. The average molecular weight is 360 g/mol. The second kappa shape index (κ2) is 7.31. The van der Waals surface area contributed by atoms with Gasteiger partial charge in [0.2, 0.25) is 0 Å². The number of likely N-dealkylation sites (tertiary alicyclic amines) is 1. The molecule has 136 valence electrons. The van der Waals surface area contributed by atoms with E-state index in [-0.39, 0.29) is 6.10 Å². The Hall–Kier alpha value is -1.01. The molecule has 3 heterocycles. The number of nitrogens with zero attached hydrogens (tertiary/aromatic N) is 2. The van der Waals surface area contributed by atoms with Gasteiger partial charge in [-0.15, -0.1) is 11.3 Å². The van der Waals surface area contributed by atoms with E-state index in [1.165, 1.54) is 28.1 Å². The largest absolute Gasteiger partial charge is 0.379 e. The number of hydrogen-bond acceptors (Lipinski definition) is 5. The molecule has 1 aromatic heterocycles. The number of fused-ring (bicyclic) bond motifs is 1. The molecular formula is C20H29N3OS. The standard InChI is InChI=1S/C20H29N3OS/c1-13-4-6-16(21-11-13)14-5-7-19-17(10-14)22-20(25-19)15-8-9-23(2)12-18(15)24-3/h5,7,10,13,15-16,18,21H,4,6,8-9,11-12H2,1-3H3/t13?,15-,16-,18-/m1/s1. The summed E-state index contributed by atoms with van der Waals surface area (Å²) in [6, 6.07) is 7.35. The fraction of sp³-hybridized carbons (Fsp3) is 0.650. The van der Waals surface area contributed by atoms with E-state index in [2.05, 4.69) is 42.4 Å². The number of aromatic nitrogens is 1. The molecule has 1 N–H and O–H groups in total. The summed E-state index contributed by atoms with van der Waals surface area (Å²) in [5, 5.41) is 4.94. The highest BCUT2D eigenvalue weighted by molar-refractivity contribution is 7.18. The van der Waals surface area contributed by atoms with Crippen molar-refractivity contribution in [2.24, 2.45) is 5.92 Å². The molecule has 2 aliphatic heterocycles. The second-order valence-corrected chi connectivity index (χ2v) is 8.92. The molecule has 2 aromatic rings. The number of benzene rings is 1. The smallest absolute Gasteiger partial charge is 0.0996 e. The van der Waals surface area contributed by atoms with Crippen LogP contribution in [0.3, 0.4) is 0 Å². The molecule has 0 aliphatic carbocycles. The van der Waals surface area contributed by atoms with E-state index in [0.29, 0.717) is 12.0 Å². The quantitative estimate of drug-likeness (QED) is 0.905. The van der Waals surface area contributed by atoms with E-state index in [9.17, 15) is 0 Å². The Morgan fingerprint density at radius 3 is 2.92 bits per heavy atom. The predicted octanol–water partition coefficient (Wildman–Crippen LogP) is 3.79. The minimum absolute atomic E-state index is 0.250. The first-order chi connectivity index (χ1) is 12.1. The van der Waals surface area contributed by atoms with E-state index in [4.69, 9.17) is 9.72 Å². The first kappa shape index (κ1) is 17.4. The second-order valence-electron chi connectivity index (χ2n) is 7.85. The maximum atomic E-state index is 5.77. The lowest BCUT2D eigenvalue weighted by molar-refractivity contribution is 0.0233. The topological polar surface area (TPSA) is 37.4 Å². The van der Waals surface area contributed by atoms with Crippen LogP contribution in [0.5, 0.6) is 0 Å². The van der Waals surface area contributed by atoms with Crippen molar-refractivity contribution in [2.45, 2.75) is 44.2 Å². The maximum Gasteiger partial charge on any atom is 0.0996 e. The van der Waals surface area contributed by atoms with E-state index in [0.717, 1.165) is 37.5 Å². The monoisotopic (exact) mass is 359 g/mol. The van der Waals surface area contributed by atoms with Crippen molar-refractivity contribution in [1.82, 2.24) is 15.2 Å². The lowest BCUT2D eigenvalue weighted by Crippen LogP contribution is -2.41. The van der Waals surface area contributed by atoms with Crippen molar-refractivity contribution in [2.75, 3.05) is 33.8 Å². The van der Waals surface area contributed by atoms with Gasteiger partial charge in [0.15, 0.2) is 0 Å². The van der Waals surface area contributed by atoms with Crippen LogP contribution in [-0.2, 0) is 4.74 Å². The number of piperidine rings is 2. The highest BCUT2D eigenvalue weighted by Crippen LogP contribution is 2.36. The minimum Gasteiger partial charge on any atom is -0.379 e. The molecule has 25 heavy (non-hydrogen) atoms.